The Bertz CT molecular complexity index is 3490. The second-order valence-electron chi connectivity index (χ2n) is 16.3. The fraction of sp³-hybridized carbons (Fsp3) is 0.0172. The lowest BCUT2D eigenvalue weighted by Gasteiger charge is -2.39. The largest absolute Gasteiger partial charge is 0.457 e. The Hall–Kier alpha value is -8.41. The molecule has 0 unspecified atom stereocenters. The van der Waals surface area contributed by atoms with Crippen LogP contribution in [0.3, 0.4) is 0 Å². The van der Waals surface area contributed by atoms with Crippen LogP contribution < -0.4 is 4.74 Å². The molecule has 0 N–H and O–H groups in total. The molecular formula is C58H36N4O. The van der Waals surface area contributed by atoms with Crippen molar-refractivity contribution in [2.75, 3.05) is 0 Å². The van der Waals surface area contributed by atoms with E-state index in [1.165, 1.54) is 38.5 Å². The molecule has 0 amide bonds. The highest BCUT2D eigenvalue weighted by molar-refractivity contribution is 6.10. The van der Waals surface area contributed by atoms with Crippen LogP contribution in [0.4, 0.5) is 0 Å². The average Bonchev–Trinajstić information content (AvgIpc) is 3.84. The molecular weight excluding hydrogens is 769 g/mol. The zero-order valence-corrected chi connectivity index (χ0v) is 34.0. The summed E-state index contributed by atoms with van der Waals surface area (Å²) in [6.07, 6.45) is 0. The lowest BCUT2D eigenvalue weighted by atomic mass is 9.66. The Morgan fingerprint density at radius 2 is 0.857 bits per heavy atom. The maximum absolute atomic E-state index is 6.71. The zero-order valence-electron chi connectivity index (χ0n) is 34.0. The van der Waals surface area contributed by atoms with Crippen molar-refractivity contribution in [2.45, 2.75) is 5.41 Å². The topological polar surface area (TPSA) is 52.8 Å². The maximum Gasteiger partial charge on any atom is 0.164 e. The summed E-state index contributed by atoms with van der Waals surface area (Å²) in [5, 5.41) is 2.45. The molecule has 5 heteroatoms. The van der Waals surface area contributed by atoms with Crippen LogP contribution in [0, 0.1) is 0 Å². The SMILES string of the molecule is c1ccc(-c2nc(-c3ccccc3)nc(-c3ccc4c(c3)-c3ccc(-c5ccc6c(c5)c5ccccc5n6-c5ccccc5)cc3C43c4ccccc4Oc4ccccc43)n2)cc1. The third kappa shape index (κ3) is 5.33. The molecule has 0 radical (unpaired) electrons. The van der Waals surface area contributed by atoms with Gasteiger partial charge < -0.3 is 9.30 Å². The van der Waals surface area contributed by atoms with Crippen molar-refractivity contribution in [2.24, 2.45) is 0 Å². The molecule has 0 atom stereocenters. The van der Waals surface area contributed by atoms with Gasteiger partial charge in [0.1, 0.15) is 11.5 Å². The molecule has 0 saturated carbocycles. The lowest BCUT2D eigenvalue weighted by Crippen LogP contribution is -2.32. The second-order valence-corrected chi connectivity index (χ2v) is 16.3. The van der Waals surface area contributed by atoms with Crippen molar-refractivity contribution in [3.05, 3.63) is 241 Å². The van der Waals surface area contributed by atoms with E-state index in [4.69, 9.17) is 19.7 Å². The molecule has 0 saturated heterocycles. The third-order valence-corrected chi connectivity index (χ3v) is 12.9. The van der Waals surface area contributed by atoms with Crippen LogP contribution in [0.15, 0.2) is 218 Å². The molecule has 294 valence electrons. The average molecular weight is 805 g/mol. The van der Waals surface area contributed by atoms with Gasteiger partial charge in [0.25, 0.3) is 0 Å². The predicted molar refractivity (Wildman–Crippen MR) is 253 cm³/mol. The van der Waals surface area contributed by atoms with E-state index in [0.29, 0.717) is 17.5 Å². The predicted octanol–water partition coefficient (Wildman–Crippen LogP) is 14.1. The Labute approximate surface area is 364 Å². The molecule has 13 rings (SSSR count). The highest BCUT2D eigenvalue weighted by atomic mass is 16.5. The molecule has 0 bridgehead atoms. The summed E-state index contributed by atoms with van der Waals surface area (Å²) in [5.41, 5.74) is 14.9. The van der Waals surface area contributed by atoms with Gasteiger partial charge in [0.15, 0.2) is 17.5 Å². The summed E-state index contributed by atoms with van der Waals surface area (Å²) in [7, 11) is 0. The van der Waals surface area contributed by atoms with E-state index in [2.05, 4.69) is 162 Å². The van der Waals surface area contributed by atoms with Crippen LogP contribution in [-0.4, -0.2) is 19.5 Å². The summed E-state index contributed by atoms with van der Waals surface area (Å²) < 4.78 is 9.08. The number of aromatic nitrogens is 4. The molecule has 0 fully saturated rings. The summed E-state index contributed by atoms with van der Waals surface area (Å²) in [6.45, 7) is 0. The van der Waals surface area contributed by atoms with Gasteiger partial charge in [-0.1, -0.05) is 164 Å². The first-order chi connectivity index (χ1) is 31.2. The third-order valence-electron chi connectivity index (χ3n) is 12.9. The smallest absolute Gasteiger partial charge is 0.164 e. The normalized spacial score (nSPS) is 13.0. The van der Waals surface area contributed by atoms with Gasteiger partial charge in [0, 0.05) is 44.3 Å². The van der Waals surface area contributed by atoms with E-state index in [9.17, 15) is 0 Å². The maximum atomic E-state index is 6.71. The van der Waals surface area contributed by atoms with E-state index in [-0.39, 0.29) is 0 Å². The summed E-state index contributed by atoms with van der Waals surface area (Å²) >= 11 is 0. The number of benzene rings is 9. The molecule has 63 heavy (non-hydrogen) atoms. The first kappa shape index (κ1) is 35.4. The minimum absolute atomic E-state index is 0.625. The summed E-state index contributed by atoms with van der Waals surface area (Å²) in [6, 6.07) is 77.4. The molecule has 1 aliphatic heterocycles. The Morgan fingerprint density at radius 3 is 1.54 bits per heavy atom. The van der Waals surface area contributed by atoms with Gasteiger partial charge in [0.2, 0.25) is 0 Å². The van der Waals surface area contributed by atoms with Crippen molar-refractivity contribution in [1.82, 2.24) is 19.5 Å². The lowest BCUT2D eigenvalue weighted by molar-refractivity contribution is 0.436. The van der Waals surface area contributed by atoms with Crippen molar-refractivity contribution in [3.8, 4) is 73.6 Å². The van der Waals surface area contributed by atoms with E-state index in [1.54, 1.807) is 0 Å². The Morgan fingerprint density at radius 1 is 0.333 bits per heavy atom. The number of hydrogen-bond acceptors (Lipinski definition) is 4. The fourth-order valence-electron chi connectivity index (χ4n) is 10.2. The Balaban J connectivity index is 1.04. The van der Waals surface area contributed by atoms with Crippen LogP contribution in [0.25, 0.3) is 83.9 Å². The highest BCUT2D eigenvalue weighted by Crippen LogP contribution is 2.62. The number of ether oxygens (including phenoxy) is 1. The van der Waals surface area contributed by atoms with Crippen LogP contribution in [-0.2, 0) is 5.41 Å². The first-order valence-electron chi connectivity index (χ1n) is 21.3. The highest BCUT2D eigenvalue weighted by Gasteiger charge is 2.51. The van der Waals surface area contributed by atoms with Crippen LogP contribution in [0.2, 0.25) is 0 Å². The molecule has 2 aromatic heterocycles. The van der Waals surface area contributed by atoms with Crippen LogP contribution in [0.1, 0.15) is 22.3 Å². The van der Waals surface area contributed by atoms with Crippen molar-refractivity contribution in [3.63, 3.8) is 0 Å². The number of para-hydroxylation sites is 4. The minimum atomic E-state index is -0.651. The molecule has 11 aromatic rings. The number of nitrogens with zero attached hydrogens (tertiary/aromatic N) is 4. The van der Waals surface area contributed by atoms with Crippen molar-refractivity contribution in [1.29, 1.82) is 0 Å². The molecule has 9 aromatic carbocycles. The van der Waals surface area contributed by atoms with E-state index in [0.717, 1.165) is 61.7 Å². The summed E-state index contributed by atoms with van der Waals surface area (Å²) in [5.74, 6) is 3.62. The molecule has 1 aliphatic carbocycles. The Kier molecular flexibility index (Phi) is 7.75. The zero-order chi connectivity index (χ0) is 41.5. The number of hydrogen-bond donors (Lipinski definition) is 0. The first-order valence-corrected chi connectivity index (χ1v) is 21.3. The molecule has 2 aliphatic rings. The minimum Gasteiger partial charge on any atom is -0.457 e. The van der Waals surface area contributed by atoms with Crippen LogP contribution >= 0.6 is 0 Å². The fourth-order valence-corrected chi connectivity index (χ4v) is 10.2. The summed E-state index contributed by atoms with van der Waals surface area (Å²) in [4.78, 5) is 15.2. The van der Waals surface area contributed by atoms with E-state index >= 15 is 0 Å². The van der Waals surface area contributed by atoms with Gasteiger partial charge in [-0.15, -0.1) is 0 Å². The molecule has 1 spiro atoms. The van der Waals surface area contributed by atoms with Gasteiger partial charge in [-0.2, -0.15) is 0 Å². The van der Waals surface area contributed by atoms with Crippen molar-refractivity contribution >= 4 is 21.8 Å². The van der Waals surface area contributed by atoms with E-state index in [1.807, 2.05) is 60.7 Å². The monoisotopic (exact) mass is 804 g/mol. The van der Waals surface area contributed by atoms with Gasteiger partial charge in [-0.05, 0) is 88.0 Å². The van der Waals surface area contributed by atoms with Gasteiger partial charge >= 0.3 is 0 Å². The quantitative estimate of drug-likeness (QED) is 0.174. The van der Waals surface area contributed by atoms with Crippen LogP contribution in [0.5, 0.6) is 11.5 Å². The number of fused-ring (bicyclic) bond motifs is 12. The van der Waals surface area contributed by atoms with Gasteiger partial charge in [-0.25, -0.2) is 15.0 Å². The molecule has 5 nitrogen and oxygen atoms in total. The van der Waals surface area contributed by atoms with E-state index < -0.39 is 5.41 Å². The molecule has 3 heterocycles. The second kappa shape index (κ2) is 13.8. The number of rotatable bonds is 5. The standard InChI is InChI=1S/C58H36N4O/c1-4-16-37(17-5-1)55-59-56(38-18-6-2-7-19-38)61-57(60-55)41-29-32-47-45(35-41)43-31-28-40(36-50(43)58(47)48-23-11-14-26-53(48)63-54-27-15-12-24-49(54)58)39-30-33-52-46(34-39)44-22-10-13-25-51(44)62(52)42-20-8-3-9-21-42/h1-36H. The van der Waals surface area contributed by atoms with Gasteiger partial charge in [0.05, 0.1) is 16.4 Å². The van der Waals surface area contributed by atoms with Gasteiger partial charge in [-0.3, -0.25) is 0 Å². The van der Waals surface area contributed by atoms with Crippen molar-refractivity contribution < 1.29 is 4.74 Å².